The van der Waals surface area contributed by atoms with Gasteiger partial charge in [-0.3, -0.25) is 4.79 Å². The van der Waals surface area contributed by atoms with Crippen LogP contribution in [-0.4, -0.2) is 61.9 Å². The standard InChI is InChI=1S/C13H17N3O4S/c1-6-10(11(21-3)15-7(2)14-6)12(18)16-5-8(17)4-9(16)13(19)20/h8-9,17H,4-5H2,1-3H3,(H,19,20)/t8?,9-/m0/s1. The number of rotatable bonds is 3. The van der Waals surface area contributed by atoms with Gasteiger partial charge in [0.25, 0.3) is 5.91 Å². The summed E-state index contributed by atoms with van der Waals surface area (Å²) >= 11 is 1.31. The topological polar surface area (TPSA) is 104 Å². The van der Waals surface area contributed by atoms with Crippen molar-refractivity contribution >= 4 is 23.6 Å². The van der Waals surface area contributed by atoms with E-state index in [9.17, 15) is 19.8 Å². The maximum Gasteiger partial charge on any atom is 0.326 e. The van der Waals surface area contributed by atoms with Crippen LogP contribution in [0, 0.1) is 13.8 Å². The van der Waals surface area contributed by atoms with Crippen molar-refractivity contribution in [1.29, 1.82) is 0 Å². The number of aryl methyl sites for hydroxylation is 2. The first-order valence-electron chi connectivity index (χ1n) is 6.46. The molecular formula is C13H17N3O4S. The second-order valence-electron chi connectivity index (χ2n) is 4.94. The Morgan fingerprint density at radius 2 is 2.00 bits per heavy atom. The van der Waals surface area contributed by atoms with Crippen LogP contribution < -0.4 is 0 Å². The minimum atomic E-state index is -1.11. The van der Waals surface area contributed by atoms with Gasteiger partial charge in [-0.05, 0) is 20.1 Å². The molecule has 1 saturated heterocycles. The number of hydrogen-bond donors (Lipinski definition) is 2. The third kappa shape index (κ3) is 3.01. The van der Waals surface area contributed by atoms with Gasteiger partial charge in [0.1, 0.15) is 16.9 Å². The number of thioether (sulfide) groups is 1. The van der Waals surface area contributed by atoms with Crippen LogP contribution in [0.3, 0.4) is 0 Å². The molecule has 1 aromatic rings. The van der Waals surface area contributed by atoms with Crippen LogP contribution in [0.4, 0.5) is 0 Å². The lowest BCUT2D eigenvalue weighted by Crippen LogP contribution is -2.41. The van der Waals surface area contributed by atoms with E-state index in [-0.39, 0.29) is 13.0 Å². The lowest BCUT2D eigenvalue weighted by atomic mass is 10.1. The number of β-amino-alcohol motifs (C(OH)–C–C–N with tert-alkyl or cyclic N) is 1. The number of aliphatic carboxylic acids is 1. The van der Waals surface area contributed by atoms with Crippen molar-refractivity contribution in [2.24, 2.45) is 0 Å². The predicted octanol–water partition coefficient (Wildman–Crippen LogP) is 0.475. The van der Waals surface area contributed by atoms with Crippen molar-refractivity contribution < 1.29 is 19.8 Å². The lowest BCUT2D eigenvalue weighted by molar-refractivity contribution is -0.141. The van der Waals surface area contributed by atoms with Crippen molar-refractivity contribution in [3.05, 3.63) is 17.1 Å². The summed E-state index contributed by atoms with van der Waals surface area (Å²) in [4.78, 5) is 33.5. The number of carboxylic acid groups (broad SMARTS) is 1. The van der Waals surface area contributed by atoms with Crippen LogP contribution in [0.25, 0.3) is 0 Å². The number of amides is 1. The average molecular weight is 311 g/mol. The van der Waals surface area contributed by atoms with E-state index in [1.54, 1.807) is 20.1 Å². The zero-order valence-corrected chi connectivity index (χ0v) is 12.8. The van der Waals surface area contributed by atoms with Gasteiger partial charge in [-0.2, -0.15) is 0 Å². The van der Waals surface area contributed by atoms with Gasteiger partial charge in [0.05, 0.1) is 17.4 Å². The molecule has 1 aliphatic heterocycles. The molecule has 2 atom stereocenters. The highest BCUT2D eigenvalue weighted by Gasteiger charge is 2.40. The van der Waals surface area contributed by atoms with Gasteiger partial charge in [0.2, 0.25) is 0 Å². The van der Waals surface area contributed by atoms with Gasteiger partial charge in [-0.1, -0.05) is 0 Å². The summed E-state index contributed by atoms with van der Waals surface area (Å²) in [5, 5.41) is 19.4. The quantitative estimate of drug-likeness (QED) is 0.618. The van der Waals surface area contributed by atoms with Gasteiger partial charge >= 0.3 is 5.97 Å². The van der Waals surface area contributed by atoms with Crippen LogP contribution >= 0.6 is 11.8 Å². The maximum atomic E-state index is 12.7. The van der Waals surface area contributed by atoms with Crippen LogP contribution in [0.2, 0.25) is 0 Å². The van der Waals surface area contributed by atoms with E-state index in [4.69, 9.17) is 0 Å². The number of nitrogens with zero attached hydrogens (tertiary/aromatic N) is 3. The molecule has 0 aromatic carbocycles. The summed E-state index contributed by atoms with van der Waals surface area (Å²) < 4.78 is 0. The lowest BCUT2D eigenvalue weighted by Gasteiger charge is -2.22. The molecule has 114 valence electrons. The molecule has 8 heteroatoms. The van der Waals surface area contributed by atoms with Crippen molar-refractivity contribution in [2.45, 2.75) is 37.4 Å². The minimum absolute atomic E-state index is 0.0109. The Morgan fingerprint density at radius 3 is 2.57 bits per heavy atom. The zero-order valence-electron chi connectivity index (χ0n) is 12.0. The molecule has 21 heavy (non-hydrogen) atoms. The van der Waals surface area contributed by atoms with Crippen LogP contribution in [0.5, 0.6) is 0 Å². The van der Waals surface area contributed by atoms with Gasteiger partial charge in [0.15, 0.2) is 0 Å². The average Bonchev–Trinajstić information content (AvgIpc) is 2.79. The summed E-state index contributed by atoms with van der Waals surface area (Å²) in [6.45, 7) is 3.45. The van der Waals surface area contributed by atoms with E-state index >= 15 is 0 Å². The molecule has 7 nitrogen and oxygen atoms in total. The van der Waals surface area contributed by atoms with E-state index in [0.29, 0.717) is 22.1 Å². The number of carbonyl (C=O) groups is 2. The largest absolute Gasteiger partial charge is 0.480 e. The summed E-state index contributed by atoms with van der Waals surface area (Å²) in [7, 11) is 0. The second-order valence-corrected chi connectivity index (χ2v) is 5.74. The first kappa shape index (κ1) is 15.7. The molecule has 0 spiro atoms. The Balaban J connectivity index is 2.42. The Labute approximate surface area is 126 Å². The van der Waals surface area contributed by atoms with Crippen molar-refractivity contribution in [1.82, 2.24) is 14.9 Å². The molecule has 2 N–H and O–H groups in total. The number of aromatic nitrogens is 2. The summed E-state index contributed by atoms with van der Waals surface area (Å²) in [5.74, 6) is -0.998. The molecule has 1 aromatic heterocycles. The summed E-state index contributed by atoms with van der Waals surface area (Å²) in [6, 6.07) is -1.01. The van der Waals surface area contributed by atoms with Gasteiger partial charge in [-0.25, -0.2) is 14.8 Å². The Kier molecular flexibility index (Phi) is 4.48. The maximum absolute atomic E-state index is 12.7. The van der Waals surface area contributed by atoms with Crippen LogP contribution in [0.1, 0.15) is 28.3 Å². The molecule has 0 saturated carbocycles. The first-order valence-corrected chi connectivity index (χ1v) is 7.68. The normalized spacial score (nSPS) is 21.6. The zero-order chi connectivity index (χ0) is 15.7. The summed E-state index contributed by atoms with van der Waals surface area (Å²) in [5.41, 5.74) is 0.829. The highest BCUT2D eigenvalue weighted by molar-refractivity contribution is 7.98. The molecule has 1 unspecified atom stereocenters. The van der Waals surface area contributed by atoms with Crippen LogP contribution in [0.15, 0.2) is 5.03 Å². The molecule has 1 aliphatic rings. The fraction of sp³-hybridized carbons (Fsp3) is 0.538. The number of aliphatic hydroxyl groups excluding tert-OH is 1. The third-order valence-electron chi connectivity index (χ3n) is 3.40. The van der Waals surface area contributed by atoms with E-state index < -0.39 is 24.0 Å². The number of aliphatic hydroxyl groups is 1. The second kappa shape index (κ2) is 5.98. The molecule has 0 bridgehead atoms. The number of likely N-dealkylation sites (tertiary alicyclic amines) is 1. The predicted molar refractivity (Wildman–Crippen MR) is 76.4 cm³/mol. The SMILES string of the molecule is CSc1nc(C)nc(C)c1C(=O)N1CC(O)C[C@H]1C(=O)O. The summed E-state index contributed by atoms with van der Waals surface area (Å²) in [6.07, 6.45) is 1.02. The highest BCUT2D eigenvalue weighted by atomic mass is 32.2. The van der Waals surface area contributed by atoms with E-state index in [2.05, 4.69) is 9.97 Å². The molecule has 2 heterocycles. The Bertz CT molecular complexity index is 593. The van der Waals surface area contributed by atoms with Gasteiger partial charge in [0, 0.05) is 13.0 Å². The number of hydrogen-bond acceptors (Lipinski definition) is 6. The van der Waals surface area contributed by atoms with Gasteiger partial charge < -0.3 is 15.1 Å². The Morgan fingerprint density at radius 1 is 1.33 bits per heavy atom. The minimum Gasteiger partial charge on any atom is -0.480 e. The smallest absolute Gasteiger partial charge is 0.326 e. The van der Waals surface area contributed by atoms with Crippen molar-refractivity contribution in [3.63, 3.8) is 0 Å². The molecule has 1 amide bonds. The monoisotopic (exact) mass is 311 g/mol. The van der Waals surface area contributed by atoms with E-state index in [1.165, 1.54) is 16.7 Å². The molecule has 0 radical (unpaired) electrons. The Hall–Kier alpha value is -1.67. The molecule has 2 rings (SSSR count). The highest BCUT2D eigenvalue weighted by Crippen LogP contribution is 2.26. The molecule has 1 fully saturated rings. The van der Waals surface area contributed by atoms with Crippen molar-refractivity contribution in [2.75, 3.05) is 12.8 Å². The van der Waals surface area contributed by atoms with E-state index in [1.807, 2.05) is 0 Å². The molecule has 0 aliphatic carbocycles. The fourth-order valence-electron chi connectivity index (χ4n) is 2.49. The van der Waals surface area contributed by atoms with E-state index in [0.717, 1.165) is 0 Å². The number of carbonyl (C=O) groups excluding carboxylic acids is 1. The van der Waals surface area contributed by atoms with Crippen LogP contribution in [-0.2, 0) is 4.79 Å². The molecular weight excluding hydrogens is 294 g/mol. The third-order valence-corrected chi connectivity index (χ3v) is 4.08. The van der Waals surface area contributed by atoms with Crippen molar-refractivity contribution in [3.8, 4) is 0 Å². The first-order chi connectivity index (χ1) is 9.85. The van der Waals surface area contributed by atoms with Gasteiger partial charge in [-0.15, -0.1) is 11.8 Å². The fourth-order valence-corrected chi connectivity index (χ4v) is 3.15. The number of carboxylic acids is 1.